The molecule has 2 heterocycles. The molecule has 1 fully saturated rings. The highest BCUT2D eigenvalue weighted by atomic mass is 16.5. The van der Waals surface area contributed by atoms with Crippen molar-refractivity contribution in [2.75, 3.05) is 13.2 Å². The topological polar surface area (TPSA) is 66.8 Å². The van der Waals surface area contributed by atoms with Gasteiger partial charge in [-0.1, -0.05) is 12.1 Å². The fourth-order valence-corrected chi connectivity index (χ4v) is 2.95. The summed E-state index contributed by atoms with van der Waals surface area (Å²) >= 11 is 0. The van der Waals surface area contributed by atoms with Crippen molar-refractivity contribution < 1.29 is 19.4 Å². The van der Waals surface area contributed by atoms with Crippen LogP contribution in [-0.4, -0.2) is 41.1 Å². The maximum atomic E-state index is 12.3. The second-order valence-electron chi connectivity index (χ2n) is 5.30. The van der Waals surface area contributed by atoms with E-state index < -0.39 is 12.0 Å². The molecule has 5 nitrogen and oxygen atoms in total. The maximum Gasteiger partial charge on any atom is 0.326 e. The standard InChI is InChI=1S/C15H17NO4/c17-14(16-6-1-2-12(16)15(18)19)9-10-3-4-13-11(8-10)5-7-20-13/h3-4,8,12H,1-2,5-7,9H2,(H,18,19). The average molecular weight is 275 g/mol. The molecule has 0 bridgehead atoms. The number of fused-ring (bicyclic) bond motifs is 1. The zero-order valence-electron chi connectivity index (χ0n) is 11.2. The van der Waals surface area contributed by atoms with Crippen molar-refractivity contribution in [3.05, 3.63) is 29.3 Å². The molecule has 0 aliphatic carbocycles. The third kappa shape index (κ3) is 2.35. The van der Waals surface area contributed by atoms with Crippen LogP contribution in [-0.2, 0) is 22.4 Å². The van der Waals surface area contributed by atoms with E-state index >= 15 is 0 Å². The summed E-state index contributed by atoms with van der Waals surface area (Å²) in [5, 5.41) is 9.12. The molecule has 3 rings (SSSR count). The van der Waals surface area contributed by atoms with Gasteiger partial charge in [-0.2, -0.15) is 0 Å². The van der Waals surface area contributed by atoms with E-state index in [0.29, 0.717) is 19.6 Å². The van der Waals surface area contributed by atoms with E-state index in [-0.39, 0.29) is 12.3 Å². The maximum absolute atomic E-state index is 12.3. The van der Waals surface area contributed by atoms with Gasteiger partial charge in [0.1, 0.15) is 11.8 Å². The van der Waals surface area contributed by atoms with Crippen LogP contribution >= 0.6 is 0 Å². The van der Waals surface area contributed by atoms with Gasteiger partial charge in [0, 0.05) is 13.0 Å². The number of ether oxygens (including phenoxy) is 1. The van der Waals surface area contributed by atoms with E-state index in [1.54, 1.807) is 0 Å². The molecule has 1 aromatic rings. The minimum atomic E-state index is -0.904. The largest absolute Gasteiger partial charge is 0.493 e. The Hall–Kier alpha value is -2.04. The van der Waals surface area contributed by atoms with Crippen molar-refractivity contribution in [1.29, 1.82) is 0 Å². The Bertz CT molecular complexity index is 555. The number of carbonyl (C=O) groups excluding carboxylic acids is 1. The third-order valence-electron chi connectivity index (χ3n) is 3.97. The van der Waals surface area contributed by atoms with E-state index in [1.807, 2.05) is 18.2 Å². The highest BCUT2D eigenvalue weighted by Crippen LogP contribution is 2.26. The number of carboxylic acids is 1. The molecule has 0 aromatic heterocycles. The number of likely N-dealkylation sites (tertiary alicyclic amines) is 1. The average Bonchev–Trinajstić information content (AvgIpc) is 3.06. The fourth-order valence-electron chi connectivity index (χ4n) is 2.95. The second-order valence-corrected chi connectivity index (χ2v) is 5.30. The quantitative estimate of drug-likeness (QED) is 0.901. The van der Waals surface area contributed by atoms with E-state index in [1.165, 1.54) is 4.90 Å². The number of benzene rings is 1. The number of aliphatic carboxylic acids is 1. The van der Waals surface area contributed by atoms with Gasteiger partial charge in [-0.05, 0) is 30.0 Å². The Morgan fingerprint density at radius 2 is 2.25 bits per heavy atom. The third-order valence-corrected chi connectivity index (χ3v) is 3.97. The summed E-state index contributed by atoms with van der Waals surface area (Å²) in [7, 11) is 0. The predicted octanol–water partition coefficient (Wildman–Crippen LogP) is 1.24. The first-order valence-corrected chi connectivity index (χ1v) is 6.92. The van der Waals surface area contributed by atoms with Crippen LogP contribution in [0.2, 0.25) is 0 Å². The molecule has 0 saturated carbocycles. The summed E-state index contributed by atoms with van der Waals surface area (Å²) in [4.78, 5) is 24.9. The Morgan fingerprint density at radius 1 is 1.40 bits per heavy atom. The first-order valence-electron chi connectivity index (χ1n) is 6.92. The van der Waals surface area contributed by atoms with Crippen LogP contribution in [0, 0.1) is 0 Å². The summed E-state index contributed by atoms with van der Waals surface area (Å²) in [6, 6.07) is 5.11. The molecule has 5 heteroatoms. The molecule has 20 heavy (non-hydrogen) atoms. The molecular formula is C15H17NO4. The fraction of sp³-hybridized carbons (Fsp3) is 0.467. The number of rotatable bonds is 3. The summed E-state index contributed by atoms with van der Waals surface area (Å²) in [5.41, 5.74) is 2.06. The number of hydrogen-bond acceptors (Lipinski definition) is 3. The molecule has 1 aromatic carbocycles. The smallest absolute Gasteiger partial charge is 0.326 e. The van der Waals surface area contributed by atoms with Gasteiger partial charge in [0.2, 0.25) is 5.91 Å². The van der Waals surface area contributed by atoms with Crippen LogP contribution in [0.5, 0.6) is 5.75 Å². The van der Waals surface area contributed by atoms with E-state index in [0.717, 1.165) is 29.7 Å². The van der Waals surface area contributed by atoms with Gasteiger partial charge in [0.05, 0.1) is 13.0 Å². The zero-order valence-corrected chi connectivity index (χ0v) is 11.2. The molecule has 0 spiro atoms. The summed E-state index contributed by atoms with van der Waals surface area (Å²) in [6.45, 7) is 1.24. The van der Waals surface area contributed by atoms with E-state index in [9.17, 15) is 9.59 Å². The normalized spacial score (nSPS) is 20.6. The molecule has 106 valence electrons. The van der Waals surface area contributed by atoms with Crippen molar-refractivity contribution in [2.24, 2.45) is 0 Å². The Morgan fingerprint density at radius 3 is 3.05 bits per heavy atom. The second kappa shape index (κ2) is 5.15. The van der Waals surface area contributed by atoms with Crippen molar-refractivity contribution in [1.82, 2.24) is 4.90 Å². The Labute approximate surface area is 117 Å². The number of carbonyl (C=O) groups is 2. The minimum absolute atomic E-state index is 0.103. The molecule has 1 amide bonds. The lowest BCUT2D eigenvalue weighted by Gasteiger charge is -2.21. The number of hydrogen-bond donors (Lipinski definition) is 1. The summed E-state index contributed by atoms with van der Waals surface area (Å²) < 4.78 is 5.43. The zero-order chi connectivity index (χ0) is 14.1. The minimum Gasteiger partial charge on any atom is -0.493 e. The van der Waals surface area contributed by atoms with Crippen molar-refractivity contribution in [3.8, 4) is 5.75 Å². The van der Waals surface area contributed by atoms with E-state index in [2.05, 4.69) is 0 Å². The SMILES string of the molecule is O=C(O)C1CCCN1C(=O)Cc1ccc2c(c1)CCO2. The highest BCUT2D eigenvalue weighted by molar-refractivity contribution is 5.85. The van der Waals surface area contributed by atoms with Crippen molar-refractivity contribution >= 4 is 11.9 Å². The molecule has 2 aliphatic heterocycles. The lowest BCUT2D eigenvalue weighted by Crippen LogP contribution is -2.41. The van der Waals surface area contributed by atoms with Crippen LogP contribution in [0.4, 0.5) is 0 Å². The van der Waals surface area contributed by atoms with Gasteiger partial charge in [0.15, 0.2) is 0 Å². The number of carboxylic acid groups (broad SMARTS) is 1. The molecule has 2 aliphatic rings. The monoisotopic (exact) mass is 275 g/mol. The predicted molar refractivity (Wildman–Crippen MR) is 71.7 cm³/mol. The molecular weight excluding hydrogens is 258 g/mol. The van der Waals surface area contributed by atoms with Gasteiger partial charge in [0.25, 0.3) is 0 Å². The van der Waals surface area contributed by atoms with Crippen LogP contribution in [0.25, 0.3) is 0 Å². The van der Waals surface area contributed by atoms with Gasteiger partial charge in [-0.15, -0.1) is 0 Å². The van der Waals surface area contributed by atoms with Gasteiger partial charge < -0.3 is 14.7 Å². The lowest BCUT2D eigenvalue weighted by atomic mass is 10.1. The Kier molecular flexibility index (Phi) is 3.34. The first kappa shape index (κ1) is 13.0. The highest BCUT2D eigenvalue weighted by Gasteiger charge is 2.33. The number of nitrogens with zero attached hydrogens (tertiary/aromatic N) is 1. The molecule has 1 unspecified atom stereocenters. The van der Waals surface area contributed by atoms with Gasteiger partial charge >= 0.3 is 5.97 Å². The van der Waals surface area contributed by atoms with Crippen molar-refractivity contribution in [2.45, 2.75) is 31.7 Å². The molecule has 0 radical (unpaired) electrons. The summed E-state index contributed by atoms with van der Waals surface area (Å²) in [6.07, 6.45) is 2.45. The van der Waals surface area contributed by atoms with Crippen molar-refractivity contribution in [3.63, 3.8) is 0 Å². The lowest BCUT2D eigenvalue weighted by molar-refractivity contribution is -0.148. The first-order chi connectivity index (χ1) is 9.65. The molecule has 1 N–H and O–H groups in total. The summed E-state index contributed by atoms with van der Waals surface area (Å²) in [5.74, 6) is -0.113. The van der Waals surface area contributed by atoms with Gasteiger partial charge in [-0.3, -0.25) is 4.79 Å². The number of amides is 1. The van der Waals surface area contributed by atoms with E-state index in [4.69, 9.17) is 9.84 Å². The van der Waals surface area contributed by atoms with Crippen LogP contribution < -0.4 is 4.74 Å². The molecule has 1 atom stereocenters. The van der Waals surface area contributed by atoms with Crippen LogP contribution in [0.15, 0.2) is 18.2 Å². The van der Waals surface area contributed by atoms with Crippen LogP contribution in [0.3, 0.4) is 0 Å². The van der Waals surface area contributed by atoms with Gasteiger partial charge in [-0.25, -0.2) is 4.79 Å². The van der Waals surface area contributed by atoms with Crippen LogP contribution in [0.1, 0.15) is 24.0 Å². The Balaban J connectivity index is 1.71. The molecule has 1 saturated heterocycles.